The molecule has 2 aromatic carbocycles. The second-order valence-corrected chi connectivity index (χ2v) is 7.34. The Labute approximate surface area is 176 Å². The molecule has 0 aliphatic carbocycles. The van der Waals surface area contributed by atoms with Crippen molar-refractivity contribution in [2.75, 3.05) is 18.6 Å². The van der Waals surface area contributed by atoms with Crippen LogP contribution < -0.4 is 9.64 Å². The predicted octanol–water partition coefficient (Wildman–Crippen LogP) is 4.40. The normalized spacial score (nSPS) is 16.7. The van der Waals surface area contributed by atoms with Crippen molar-refractivity contribution < 1.29 is 27.2 Å². The number of amides is 1. The Morgan fingerprint density at radius 1 is 1.10 bits per heavy atom. The van der Waals surface area contributed by atoms with E-state index in [2.05, 4.69) is 10.1 Å². The molecule has 6 nitrogen and oxygen atoms in total. The van der Waals surface area contributed by atoms with Gasteiger partial charge in [0, 0.05) is 31.0 Å². The number of anilines is 1. The van der Waals surface area contributed by atoms with Gasteiger partial charge in [0.2, 0.25) is 11.8 Å². The molecule has 0 radical (unpaired) electrons. The van der Waals surface area contributed by atoms with Crippen molar-refractivity contribution >= 4 is 11.6 Å². The van der Waals surface area contributed by atoms with Crippen molar-refractivity contribution in [3.8, 4) is 5.75 Å². The molecule has 1 aliphatic heterocycles. The summed E-state index contributed by atoms with van der Waals surface area (Å²) in [5.74, 6) is 1.24. The molecule has 1 unspecified atom stereocenters. The zero-order chi connectivity index (χ0) is 22.0. The van der Waals surface area contributed by atoms with Crippen LogP contribution in [0.15, 0.2) is 53.1 Å². The van der Waals surface area contributed by atoms with E-state index in [1.54, 1.807) is 7.11 Å². The Morgan fingerprint density at radius 2 is 1.81 bits per heavy atom. The summed E-state index contributed by atoms with van der Waals surface area (Å²) in [6.07, 6.45) is -2.96. The number of hydrogen-bond donors (Lipinski definition) is 0. The molecule has 1 atom stereocenters. The maximum absolute atomic E-state index is 12.8. The summed E-state index contributed by atoms with van der Waals surface area (Å²) in [5, 5.41) is 4.01. The third-order valence-corrected chi connectivity index (χ3v) is 5.27. The van der Waals surface area contributed by atoms with Gasteiger partial charge in [-0.15, -0.1) is 0 Å². The number of aryl methyl sites for hydroxylation is 2. The molecule has 0 saturated carbocycles. The fourth-order valence-electron chi connectivity index (χ4n) is 3.54. The van der Waals surface area contributed by atoms with E-state index in [-0.39, 0.29) is 18.2 Å². The lowest BCUT2D eigenvalue weighted by Gasteiger charge is -2.17. The Kier molecular flexibility index (Phi) is 5.67. The van der Waals surface area contributed by atoms with Crippen LogP contribution in [0.1, 0.15) is 35.2 Å². The highest BCUT2D eigenvalue weighted by Crippen LogP contribution is 2.34. The zero-order valence-corrected chi connectivity index (χ0v) is 16.7. The summed E-state index contributed by atoms with van der Waals surface area (Å²) >= 11 is 0. The van der Waals surface area contributed by atoms with Crippen molar-refractivity contribution in [2.24, 2.45) is 0 Å². The fourth-order valence-corrected chi connectivity index (χ4v) is 3.54. The molecule has 1 fully saturated rings. The third-order valence-electron chi connectivity index (χ3n) is 5.27. The van der Waals surface area contributed by atoms with Crippen LogP contribution >= 0.6 is 0 Å². The number of ether oxygens (including phenoxy) is 1. The molecule has 3 aromatic rings. The van der Waals surface area contributed by atoms with E-state index in [9.17, 15) is 18.0 Å². The summed E-state index contributed by atoms with van der Waals surface area (Å²) in [5.41, 5.74) is 0.771. The van der Waals surface area contributed by atoms with Gasteiger partial charge in [0.25, 0.3) is 0 Å². The van der Waals surface area contributed by atoms with Crippen LogP contribution in [0.5, 0.6) is 5.75 Å². The number of halogens is 3. The van der Waals surface area contributed by atoms with E-state index >= 15 is 0 Å². The number of benzene rings is 2. The lowest BCUT2D eigenvalue weighted by Crippen LogP contribution is -2.24. The zero-order valence-electron chi connectivity index (χ0n) is 16.7. The van der Waals surface area contributed by atoms with Gasteiger partial charge >= 0.3 is 6.18 Å². The Balaban J connectivity index is 1.38. The topological polar surface area (TPSA) is 68.5 Å². The first-order valence-electron chi connectivity index (χ1n) is 9.76. The predicted molar refractivity (Wildman–Crippen MR) is 106 cm³/mol. The molecule has 0 spiro atoms. The molecular formula is C22H20F3N3O3. The van der Waals surface area contributed by atoms with Crippen molar-refractivity contribution in [2.45, 2.75) is 31.4 Å². The van der Waals surface area contributed by atoms with E-state index in [1.165, 1.54) is 17.0 Å². The van der Waals surface area contributed by atoms with E-state index in [4.69, 9.17) is 9.26 Å². The average Bonchev–Trinajstić information content (AvgIpc) is 3.39. The molecule has 9 heteroatoms. The Hall–Kier alpha value is -3.36. The minimum atomic E-state index is -4.41. The van der Waals surface area contributed by atoms with Crippen LogP contribution in [0.4, 0.5) is 18.9 Å². The quantitative estimate of drug-likeness (QED) is 0.579. The second-order valence-electron chi connectivity index (χ2n) is 7.34. The van der Waals surface area contributed by atoms with Gasteiger partial charge in [-0.25, -0.2) is 0 Å². The molecule has 4 rings (SSSR count). The van der Waals surface area contributed by atoms with Crippen molar-refractivity contribution in [3.63, 3.8) is 0 Å². The number of nitrogens with zero attached hydrogens (tertiary/aromatic N) is 3. The Morgan fingerprint density at radius 3 is 2.45 bits per heavy atom. The third kappa shape index (κ3) is 4.70. The van der Waals surface area contributed by atoms with Crippen LogP contribution in [0.25, 0.3) is 0 Å². The van der Waals surface area contributed by atoms with Gasteiger partial charge in [0.1, 0.15) is 5.75 Å². The van der Waals surface area contributed by atoms with Gasteiger partial charge in [0.05, 0.1) is 12.7 Å². The molecule has 1 aromatic heterocycles. The molecule has 1 saturated heterocycles. The van der Waals surface area contributed by atoms with Gasteiger partial charge < -0.3 is 14.2 Å². The first-order chi connectivity index (χ1) is 14.8. The number of carbonyl (C=O) groups is 1. The van der Waals surface area contributed by atoms with Crippen LogP contribution in [0.2, 0.25) is 0 Å². The van der Waals surface area contributed by atoms with Crippen molar-refractivity contribution in [3.05, 3.63) is 71.4 Å². The van der Waals surface area contributed by atoms with Gasteiger partial charge in [-0.3, -0.25) is 4.79 Å². The number of methoxy groups -OCH3 is 1. The van der Waals surface area contributed by atoms with E-state index < -0.39 is 11.7 Å². The van der Waals surface area contributed by atoms with Gasteiger partial charge in [-0.1, -0.05) is 17.3 Å². The highest BCUT2D eigenvalue weighted by Gasteiger charge is 2.35. The maximum Gasteiger partial charge on any atom is 0.416 e. The highest BCUT2D eigenvalue weighted by atomic mass is 19.4. The largest absolute Gasteiger partial charge is 0.497 e. The monoisotopic (exact) mass is 431 g/mol. The Bertz CT molecular complexity index is 1050. The maximum atomic E-state index is 12.8. The fraction of sp³-hybridized carbons (Fsp3) is 0.318. The SMILES string of the molecule is COc1ccc(CCc2nc(C3CC(=O)N(c4ccc(C(F)(F)F)cc4)C3)no2)cc1. The average molecular weight is 431 g/mol. The summed E-state index contributed by atoms with van der Waals surface area (Å²) in [6.45, 7) is 0.293. The molecule has 1 amide bonds. The molecule has 162 valence electrons. The molecule has 2 heterocycles. The van der Waals surface area contributed by atoms with E-state index in [0.717, 1.165) is 23.4 Å². The molecule has 31 heavy (non-hydrogen) atoms. The molecule has 1 aliphatic rings. The minimum absolute atomic E-state index is 0.179. The van der Waals surface area contributed by atoms with Crippen LogP contribution in [0, 0.1) is 0 Å². The first kappa shape index (κ1) is 20.9. The smallest absolute Gasteiger partial charge is 0.416 e. The van der Waals surface area contributed by atoms with Crippen molar-refractivity contribution in [1.29, 1.82) is 0 Å². The number of alkyl halides is 3. The first-order valence-corrected chi connectivity index (χ1v) is 9.76. The van der Waals surface area contributed by atoms with E-state index in [1.807, 2.05) is 24.3 Å². The van der Waals surface area contributed by atoms with Gasteiger partial charge in [0.15, 0.2) is 5.82 Å². The van der Waals surface area contributed by atoms with E-state index in [0.29, 0.717) is 36.8 Å². The standard InChI is InChI=1S/C22H20F3N3O3/c1-30-18-9-2-14(3-10-18)4-11-19-26-21(27-31-19)15-12-20(29)28(13-15)17-7-5-16(6-8-17)22(23,24)25/h2-3,5-10,15H,4,11-13H2,1H3. The summed E-state index contributed by atoms with van der Waals surface area (Å²) in [6, 6.07) is 12.3. The van der Waals surface area contributed by atoms with Gasteiger partial charge in [-0.05, 0) is 48.4 Å². The summed E-state index contributed by atoms with van der Waals surface area (Å²) in [4.78, 5) is 18.3. The number of rotatable bonds is 6. The number of aromatic nitrogens is 2. The van der Waals surface area contributed by atoms with Crippen LogP contribution in [0.3, 0.4) is 0 Å². The highest BCUT2D eigenvalue weighted by molar-refractivity contribution is 5.96. The molecular weight excluding hydrogens is 411 g/mol. The number of carbonyl (C=O) groups excluding carboxylic acids is 1. The summed E-state index contributed by atoms with van der Waals surface area (Å²) < 4.78 is 48.7. The molecule has 0 bridgehead atoms. The van der Waals surface area contributed by atoms with Crippen LogP contribution in [-0.4, -0.2) is 29.7 Å². The molecule has 0 N–H and O–H groups in total. The second kappa shape index (κ2) is 8.41. The van der Waals surface area contributed by atoms with Crippen molar-refractivity contribution in [1.82, 2.24) is 10.1 Å². The lowest BCUT2D eigenvalue weighted by molar-refractivity contribution is -0.137. The van der Waals surface area contributed by atoms with Gasteiger partial charge in [-0.2, -0.15) is 18.2 Å². The number of hydrogen-bond acceptors (Lipinski definition) is 5. The lowest BCUT2D eigenvalue weighted by atomic mass is 10.1. The summed E-state index contributed by atoms with van der Waals surface area (Å²) in [7, 11) is 1.61. The van der Waals surface area contributed by atoms with Crippen LogP contribution in [-0.2, 0) is 23.8 Å². The minimum Gasteiger partial charge on any atom is -0.497 e.